The standard InChI is InChI=1S/C13H13F4NO5.CO2/c1-6(12(19)22-2)8(5-18(20)21)11-9(14)3-7(4-10(11)15)23-13(16)17;2-1-3/h3-4,6,8,13H,5H2,1-2H3;/t6?,8-;/m1./s1. The molecule has 26 heavy (non-hydrogen) atoms. The van der Waals surface area contributed by atoms with Gasteiger partial charge in [-0.3, -0.25) is 14.9 Å². The summed E-state index contributed by atoms with van der Waals surface area (Å²) in [4.78, 5) is 37.7. The maximum Gasteiger partial charge on any atom is 0.387 e. The zero-order valence-electron chi connectivity index (χ0n) is 13.4. The summed E-state index contributed by atoms with van der Waals surface area (Å²) in [6.07, 6.45) is 0.250. The van der Waals surface area contributed by atoms with E-state index in [2.05, 4.69) is 9.47 Å². The highest BCUT2D eigenvalue weighted by Crippen LogP contribution is 2.33. The number of rotatable bonds is 7. The van der Waals surface area contributed by atoms with Gasteiger partial charge < -0.3 is 9.47 Å². The Labute approximate surface area is 143 Å². The number of esters is 1. The van der Waals surface area contributed by atoms with Crippen molar-refractivity contribution in [3.8, 4) is 5.75 Å². The van der Waals surface area contributed by atoms with E-state index >= 15 is 0 Å². The Morgan fingerprint density at radius 3 is 2.08 bits per heavy atom. The van der Waals surface area contributed by atoms with E-state index in [1.807, 2.05) is 0 Å². The molecular formula is C14H13F4NO7. The number of hydrogen-bond acceptors (Lipinski definition) is 7. The van der Waals surface area contributed by atoms with Crippen LogP contribution in [0.4, 0.5) is 17.6 Å². The van der Waals surface area contributed by atoms with Crippen LogP contribution in [0.5, 0.6) is 5.75 Å². The van der Waals surface area contributed by atoms with Crippen LogP contribution in [0.15, 0.2) is 12.1 Å². The lowest BCUT2D eigenvalue weighted by Gasteiger charge is -2.20. The van der Waals surface area contributed by atoms with Crippen LogP contribution in [0.1, 0.15) is 18.4 Å². The van der Waals surface area contributed by atoms with E-state index in [-0.39, 0.29) is 6.15 Å². The van der Waals surface area contributed by atoms with Gasteiger partial charge in [0.1, 0.15) is 17.4 Å². The Morgan fingerprint density at radius 2 is 1.73 bits per heavy atom. The number of methoxy groups -OCH3 is 1. The van der Waals surface area contributed by atoms with E-state index in [4.69, 9.17) is 9.59 Å². The minimum atomic E-state index is -3.29. The number of benzene rings is 1. The van der Waals surface area contributed by atoms with Gasteiger partial charge in [0.2, 0.25) is 6.54 Å². The Hall–Kier alpha value is -3.01. The fraction of sp³-hybridized carbons (Fsp3) is 0.429. The number of alkyl halides is 2. The molecule has 0 aliphatic heterocycles. The number of nitrogens with zero attached hydrogens (tertiary/aromatic N) is 1. The molecule has 1 aromatic carbocycles. The highest BCUT2D eigenvalue weighted by Gasteiger charge is 2.35. The molecule has 0 saturated heterocycles. The summed E-state index contributed by atoms with van der Waals surface area (Å²) in [5.74, 6) is -7.03. The van der Waals surface area contributed by atoms with Crippen LogP contribution in [0, 0.1) is 27.7 Å². The van der Waals surface area contributed by atoms with Gasteiger partial charge in [0.05, 0.1) is 18.9 Å². The van der Waals surface area contributed by atoms with Gasteiger partial charge in [0.25, 0.3) is 0 Å². The fourth-order valence-corrected chi connectivity index (χ4v) is 2.10. The first-order chi connectivity index (χ1) is 12.1. The van der Waals surface area contributed by atoms with Crippen molar-refractivity contribution in [2.45, 2.75) is 19.5 Å². The van der Waals surface area contributed by atoms with Crippen molar-refractivity contribution in [2.75, 3.05) is 13.7 Å². The van der Waals surface area contributed by atoms with Crippen LogP contribution in [-0.2, 0) is 19.1 Å². The summed E-state index contributed by atoms with van der Waals surface area (Å²) in [5.41, 5.74) is -0.763. The minimum absolute atomic E-state index is 0.250. The molecule has 144 valence electrons. The number of carbonyl (C=O) groups is 1. The fourth-order valence-electron chi connectivity index (χ4n) is 2.10. The molecule has 0 saturated carbocycles. The summed E-state index contributed by atoms with van der Waals surface area (Å²) < 4.78 is 60.6. The number of carbonyl (C=O) groups excluding carboxylic acids is 3. The van der Waals surface area contributed by atoms with Crippen molar-refractivity contribution < 1.29 is 46.3 Å². The number of ether oxygens (including phenoxy) is 2. The second-order valence-electron chi connectivity index (χ2n) is 4.70. The van der Waals surface area contributed by atoms with Crippen molar-refractivity contribution in [3.63, 3.8) is 0 Å². The molecule has 0 bridgehead atoms. The van der Waals surface area contributed by atoms with Crippen LogP contribution >= 0.6 is 0 Å². The first-order valence-corrected chi connectivity index (χ1v) is 6.71. The highest BCUT2D eigenvalue weighted by molar-refractivity contribution is 5.73. The molecule has 1 aromatic rings. The first kappa shape index (κ1) is 23.0. The summed E-state index contributed by atoms with van der Waals surface area (Å²) in [7, 11) is 1.02. The summed E-state index contributed by atoms with van der Waals surface area (Å²) in [5, 5.41) is 10.7. The van der Waals surface area contributed by atoms with E-state index in [0.717, 1.165) is 7.11 Å². The maximum absolute atomic E-state index is 14.0. The topological polar surface area (TPSA) is 113 Å². The molecule has 1 unspecified atom stereocenters. The molecule has 2 atom stereocenters. The van der Waals surface area contributed by atoms with Gasteiger partial charge in [-0.2, -0.15) is 18.4 Å². The van der Waals surface area contributed by atoms with Gasteiger partial charge >= 0.3 is 18.7 Å². The van der Waals surface area contributed by atoms with Crippen molar-refractivity contribution in [3.05, 3.63) is 39.4 Å². The maximum atomic E-state index is 14.0. The Morgan fingerprint density at radius 1 is 1.27 bits per heavy atom. The van der Waals surface area contributed by atoms with Gasteiger partial charge in [-0.1, -0.05) is 6.92 Å². The third-order valence-electron chi connectivity index (χ3n) is 3.17. The van der Waals surface area contributed by atoms with Gasteiger partial charge in [-0.15, -0.1) is 0 Å². The average molecular weight is 383 g/mol. The second-order valence-corrected chi connectivity index (χ2v) is 4.70. The summed E-state index contributed by atoms with van der Waals surface area (Å²) >= 11 is 0. The van der Waals surface area contributed by atoms with Crippen LogP contribution in [0.3, 0.4) is 0 Å². The molecule has 0 aliphatic rings. The van der Waals surface area contributed by atoms with Crippen molar-refractivity contribution in [1.29, 1.82) is 0 Å². The molecule has 0 spiro atoms. The van der Waals surface area contributed by atoms with Crippen molar-refractivity contribution in [2.24, 2.45) is 5.92 Å². The largest absolute Gasteiger partial charge is 0.469 e. The second kappa shape index (κ2) is 10.8. The first-order valence-electron chi connectivity index (χ1n) is 6.71. The monoisotopic (exact) mass is 383 g/mol. The molecule has 0 heterocycles. The Kier molecular flexibility index (Phi) is 9.52. The lowest BCUT2D eigenvalue weighted by atomic mass is 9.86. The van der Waals surface area contributed by atoms with Crippen molar-refractivity contribution in [1.82, 2.24) is 0 Å². The van der Waals surface area contributed by atoms with Gasteiger partial charge in [-0.25, -0.2) is 8.78 Å². The Balaban J connectivity index is 0.00000194. The van der Waals surface area contributed by atoms with E-state index in [0.29, 0.717) is 12.1 Å². The number of nitro groups is 1. The lowest BCUT2D eigenvalue weighted by Crippen LogP contribution is -2.28. The van der Waals surface area contributed by atoms with Crippen LogP contribution in [0.25, 0.3) is 0 Å². The highest BCUT2D eigenvalue weighted by atomic mass is 19.3. The molecule has 0 amide bonds. The van der Waals surface area contributed by atoms with Crippen LogP contribution in [-0.4, -0.2) is 37.3 Å². The van der Waals surface area contributed by atoms with Gasteiger partial charge in [0, 0.05) is 22.6 Å². The average Bonchev–Trinajstić information content (AvgIpc) is 2.51. The molecule has 0 aliphatic carbocycles. The normalized spacial score (nSPS) is 12.3. The molecule has 0 radical (unpaired) electrons. The van der Waals surface area contributed by atoms with Crippen LogP contribution < -0.4 is 4.74 Å². The van der Waals surface area contributed by atoms with E-state index in [1.54, 1.807) is 0 Å². The number of halogens is 4. The smallest absolute Gasteiger partial charge is 0.387 e. The molecule has 0 N–H and O–H groups in total. The predicted octanol–water partition coefficient (Wildman–Crippen LogP) is 2.15. The summed E-state index contributed by atoms with van der Waals surface area (Å²) in [6.45, 7) is -3.02. The lowest BCUT2D eigenvalue weighted by molar-refractivity contribution is -0.484. The third-order valence-corrected chi connectivity index (χ3v) is 3.17. The quantitative estimate of drug-likeness (QED) is 0.307. The van der Waals surface area contributed by atoms with E-state index < -0.39 is 58.8 Å². The Bertz CT molecular complexity index is 654. The molecule has 8 nitrogen and oxygen atoms in total. The van der Waals surface area contributed by atoms with Gasteiger partial charge in [0.15, 0.2) is 0 Å². The SMILES string of the molecule is COC(=O)C(C)[C@@H](C[N+](=O)[O-])c1c(F)cc(OC(F)F)cc1F.O=C=O. The van der Waals surface area contributed by atoms with Crippen molar-refractivity contribution >= 4 is 12.1 Å². The van der Waals surface area contributed by atoms with Gasteiger partial charge in [-0.05, 0) is 0 Å². The predicted molar refractivity (Wildman–Crippen MR) is 73.8 cm³/mol. The molecular weight excluding hydrogens is 370 g/mol. The molecule has 1 rings (SSSR count). The zero-order chi connectivity index (χ0) is 20.4. The van der Waals surface area contributed by atoms with Crippen LogP contribution in [0.2, 0.25) is 0 Å². The molecule has 0 aromatic heterocycles. The summed E-state index contributed by atoms with van der Waals surface area (Å²) in [6, 6.07) is 0.947. The third kappa shape index (κ3) is 6.85. The minimum Gasteiger partial charge on any atom is -0.469 e. The van der Waals surface area contributed by atoms with E-state index in [9.17, 15) is 32.5 Å². The number of hydrogen-bond donors (Lipinski definition) is 0. The molecule has 12 heteroatoms. The zero-order valence-corrected chi connectivity index (χ0v) is 13.4. The molecule has 0 fully saturated rings. The van der Waals surface area contributed by atoms with E-state index in [1.165, 1.54) is 6.92 Å².